The standard InChI is InChI=1S/C20H32BClN2O4.ClH/c1-19(2)20(3,4)28-21(27-19)17(24-18(25)16(23)13-26-5)8-6-7-14-9-11-15(22)12-10-14;/h9-12,16-17H,6-8,13,23H2,1-5H3,(H,24,25);1H/t16-,17+;/m1./s1. The van der Waals surface area contributed by atoms with Gasteiger partial charge in [-0.3, -0.25) is 4.79 Å². The normalized spacial score (nSPS) is 19.3. The second-order valence-electron chi connectivity index (χ2n) is 8.32. The number of halogens is 2. The molecule has 1 heterocycles. The number of amides is 1. The molecule has 1 aliphatic rings. The Morgan fingerprint density at radius 1 is 1.21 bits per heavy atom. The van der Waals surface area contributed by atoms with E-state index in [4.69, 9.17) is 31.4 Å². The number of hydrogen-bond donors (Lipinski definition) is 2. The quantitative estimate of drug-likeness (QED) is 0.569. The molecule has 0 saturated carbocycles. The number of rotatable bonds is 9. The lowest BCUT2D eigenvalue weighted by atomic mass is 9.75. The molecule has 1 aromatic rings. The van der Waals surface area contributed by atoms with Crippen LogP contribution in [-0.2, 0) is 25.3 Å². The van der Waals surface area contributed by atoms with Crippen LogP contribution in [0.15, 0.2) is 24.3 Å². The monoisotopic (exact) mass is 446 g/mol. The fraction of sp³-hybridized carbons (Fsp3) is 0.650. The number of methoxy groups -OCH3 is 1. The first-order chi connectivity index (χ1) is 13.1. The van der Waals surface area contributed by atoms with Crippen molar-refractivity contribution in [3.05, 3.63) is 34.9 Å². The molecule has 1 aliphatic heterocycles. The number of nitrogens with two attached hydrogens (primary N) is 1. The predicted octanol–water partition coefficient (Wildman–Crippen LogP) is 3.17. The summed E-state index contributed by atoms with van der Waals surface area (Å²) in [7, 11) is 0.985. The molecule has 1 aromatic carbocycles. The Bertz CT molecular complexity index is 642. The van der Waals surface area contributed by atoms with Crippen molar-refractivity contribution in [1.29, 1.82) is 0 Å². The van der Waals surface area contributed by atoms with Crippen molar-refractivity contribution in [3.8, 4) is 0 Å². The van der Waals surface area contributed by atoms with Crippen LogP contribution < -0.4 is 11.1 Å². The summed E-state index contributed by atoms with van der Waals surface area (Å²) in [6, 6.07) is 7.06. The van der Waals surface area contributed by atoms with E-state index in [1.54, 1.807) is 0 Å². The summed E-state index contributed by atoms with van der Waals surface area (Å²) in [4.78, 5) is 12.5. The topological polar surface area (TPSA) is 82.8 Å². The summed E-state index contributed by atoms with van der Waals surface area (Å²) in [5.41, 5.74) is 6.14. The maximum Gasteiger partial charge on any atom is 0.481 e. The van der Waals surface area contributed by atoms with Crippen LogP contribution in [0.4, 0.5) is 0 Å². The van der Waals surface area contributed by atoms with Crippen molar-refractivity contribution >= 4 is 37.0 Å². The number of hydrogen-bond acceptors (Lipinski definition) is 5. The largest absolute Gasteiger partial charge is 0.481 e. The molecule has 2 rings (SSSR count). The van der Waals surface area contributed by atoms with E-state index in [9.17, 15) is 4.79 Å². The Balaban J connectivity index is 0.00000420. The highest BCUT2D eigenvalue weighted by atomic mass is 35.5. The van der Waals surface area contributed by atoms with E-state index >= 15 is 0 Å². The third kappa shape index (κ3) is 7.12. The van der Waals surface area contributed by atoms with Crippen molar-refractivity contribution in [3.63, 3.8) is 0 Å². The second kappa shape index (κ2) is 11.0. The van der Waals surface area contributed by atoms with Gasteiger partial charge in [-0.15, -0.1) is 12.4 Å². The summed E-state index contributed by atoms with van der Waals surface area (Å²) in [6.07, 6.45) is 2.42. The molecule has 0 spiro atoms. The smallest absolute Gasteiger partial charge is 0.402 e. The van der Waals surface area contributed by atoms with Gasteiger partial charge in [0.05, 0.1) is 23.8 Å². The molecule has 0 unspecified atom stereocenters. The van der Waals surface area contributed by atoms with Gasteiger partial charge in [-0.1, -0.05) is 23.7 Å². The highest BCUT2D eigenvalue weighted by Gasteiger charge is 2.54. The van der Waals surface area contributed by atoms with E-state index in [1.807, 2.05) is 52.0 Å². The van der Waals surface area contributed by atoms with Crippen LogP contribution in [-0.4, -0.2) is 49.9 Å². The third-order valence-corrected chi connectivity index (χ3v) is 5.76. The lowest BCUT2D eigenvalue weighted by Gasteiger charge is -2.32. The van der Waals surface area contributed by atoms with Gasteiger partial charge >= 0.3 is 7.12 Å². The van der Waals surface area contributed by atoms with E-state index in [-0.39, 0.29) is 30.9 Å². The van der Waals surface area contributed by atoms with Crippen LogP contribution in [0.2, 0.25) is 5.02 Å². The molecule has 164 valence electrons. The Morgan fingerprint density at radius 3 is 2.28 bits per heavy atom. The first-order valence-electron chi connectivity index (χ1n) is 9.71. The molecular weight excluding hydrogens is 414 g/mol. The Labute approximate surface area is 185 Å². The number of nitrogens with one attached hydrogen (secondary N) is 1. The van der Waals surface area contributed by atoms with Gasteiger partial charge in [0.15, 0.2) is 0 Å². The molecule has 29 heavy (non-hydrogen) atoms. The van der Waals surface area contributed by atoms with Crippen LogP contribution in [0.5, 0.6) is 0 Å². The second-order valence-corrected chi connectivity index (χ2v) is 8.76. The summed E-state index contributed by atoms with van der Waals surface area (Å²) in [5.74, 6) is -0.572. The van der Waals surface area contributed by atoms with Gasteiger partial charge in [0, 0.05) is 12.1 Å². The summed E-state index contributed by atoms with van der Waals surface area (Å²) >= 11 is 5.95. The Kier molecular flexibility index (Phi) is 9.93. The summed E-state index contributed by atoms with van der Waals surface area (Å²) < 4.78 is 17.3. The lowest BCUT2D eigenvalue weighted by molar-refractivity contribution is -0.123. The van der Waals surface area contributed by atoms with Gasteiger partial charge in [0.2, 0.25) is 5.91 Å². The molecular formula is C20H33BCl2N2O4. The Morgan fingerprint density at radius 2 is 1.76 bits per heavy atom. The Hall–Kier alpha value is -0.825. The van der Waals surface area contributed by atoms with E-state index < -0.39 is 24.4 Å². The average Bonchev–Trinajstić information content (AvgIpc) is 2.83. The fourth-order valence-corrected chi connectivity index (χ4v) is 3.18. The van der Waals surface area contributed by atoms with Crippen molar-refractivity contribution in [1.82, 2.24) is 5.32 Å². The van der Waals surface area contributed by atoms with Crippen molar-refractivity contribution < 1.29 is 18.8 Å². The van der Waals surface area contributed by atoms with Gasteiger partial charge in [-0.2, -0.15) is 0 Å². The molecule has 0 aromatic heterocycles. The van der Waals surface area contributed by atoms with E-state index in [0.717, 1.165) is 17.9 Å². The van der Waals surface area contributed by atoms with E-state index in [0.29, 0.717) is 6.42 Å². The highest BCUT2D eigenvalue weighted by molar-refractivity contribution is 6.48. The molecule has 9 heteroatoms. The van der Waals surface area contributed by atoms with Crippen molar-refractivity contribution in [2.75, 3.05) is 13.7 Å². The summed E-state index contributed by atoms with van der Waals surface area (Å²) in [6.45, 7) is 8.14. The first kappa shape index (κ1) is 26.2. The van der Waals surface area contributed by atoms with Crippen LogP contribution in [0.1, 0.15) is 46.1 Å². The van der Waals surface area contributed by atoms with Crippen LogP contribution in [0.25, 0.3) is 0 Å². The zero-order valence-corrected chi connectivity index (χ0v) is 19.4. The molecule has 0 bridgehead atoms. The predicted molar refractivity (Wildman–Crippen MR) is 120 cm³/mol. The molecule has 1 saturated heterocycles. The molecule has 0 radical (unpaired) electrons. The van der Waals surface area contributed by atoms with Gasteiger partial charge < -0.3 is 25.1 Å². The molecule has 3 N–H and O–H groups in total. The minimum atomic E-state index is -0.730. The van der Waals surface area contributed by atoms with E-state index in [2.05, 4.69) is 5.32 Å². The number of carbonyl (C=O) groups is 1. The fourth-order valence-electron chi connectivity index (χ4n) is 3.05. The molecule has 6 nitrogen and oxygen atoms in total. The number of aryl methyl sites for hydroxylation is 1. The SMILES string of the molecule is COC[C@@H](N)C(=O)N[C@@H](CCCc1ccc(Cl)cc1)B1OC(C)(C)C(C)(C)O1.Cl. The zero-order valence-electron chi connectivity index (χ0n) is 17.9. The molecule has 1 fully saturated rings. The van der Waals surface area contributed by atoms with Crippen LogP contribution in [0, 0.1) is 0 Å². The minimum Gasteiger partial charge on any atom is -0.402 e. The average molecular weight is 447 g/mol. The third-order valence-electron chi connectivity index (χ3n) is 5.50. The molecule has 1 amide bonds. The van der Waals surface area contributed by atoms with E-state index in [1.165, 1.54) is 12.7 Å². The van der Waals surface area contributed by atoms with Crippen LogP contribution in [0.3, 0.4) is 0 Å². The zero-order chi connectivity index (χ0) is 20.9. The lowest BCUT2D eigenvalue weighted by Crippen LogP contribution is -2.53. The van der Waals surface area contributed by atoms with Crippen molar-refractivity contribution in [2.24, 2.45) is 5.73 Å². The first-order valence-corrected chi connectivity index (χ1v) is 10.1. The number of ether oxygens (including phenoxy) is 1. The molecule has 2 atom stereocenters. The number of benzene rings is 1. The maximum absolute atomic E-state index is 12.5. The maximum atomic E-state index is 12.5. The van der Waals surface area contributed by atoms with Gasteiger partial charge in [0.25, 0.3) is 0 Å². The van der Waals surface area contributed by atoms with Gasteiger partial charge in [0.1, 0.15) is 6.04 Å². The highest BCUT2D eigenvalue weighted by Crippen LogP contribution is 2.38. The molecule has 0 aliphatic carbocycles. The minimum absolute atomic E-state index is 0. The van der Waals surface area contributed by atoms with Crippen LogP contribution >= 0.6 is 24.0 Å². The van der Waals surface area contributed by atoms with Gasteiger partial charge in [-0.25, -0.2) is 0 Å². The van der Waals surface area contributed by atoms with Crippen molar-refractivity contribution in [2.45, 2.75) is 70.1 Å². The number of carbonyl (C=O) groups excluding carboxylic acids is 1. The summed E-state index contributed by atoms with van der Waals surface area (Å²) in [5, 5.41) is 3.72. The van der Waals surface area contributed by atoms with Gasteiger partial charge in [-0.05, 0) is 64.7 Å².